The standard InChI is InChI=1S/C25H32N4O3.C2HF3O2/c1-2-3-18-32-21-10-8-19(9-11-21)24(30)26-14-17-28-15-12-20(13-16-28)29-23-7-5-4-6-22(23)27-25(29)31;3-2(4,5)1(6)7/h4-11,20H,2-3,12-18H2,1H3,(H,26,30)(H,27,31);(H,6,7). The number of piperidine rings is 1. The molecular formula is C27H33F3N4O5. The highest BCUT2D eigenvalue weighted by Crippen LogP contribution is 2.24. The van der Waals surface area contributed by atoms with Crippen LogP contribution in [0.5, 0.6) is 5.75 Å². The van der Waals surface area contributed by atoms with Crippen LogP contribution in [0.3, 0.4) is 0 Å². The molecule has 0 spiro atoms. The van der Waals surface area contributed by atoms with Gasteiger partial charge in [0.25, 0.3) is 5.91 Å². The Kier molecular flexibility index (Phi) is 10.6. The molecule has 0 unspecified atom stereocenters. The van der Waals surface area contributed by atoms with E-state index >= 15 is 0 Å². The summed E-state index contributed by atoms with van der Waals surface area (Å²) in [5.41, 5.74) is 2.48. The summed E-state index contributed by atoms with van der Waals surface area (Å²) in [4.78, 5) is 39.0. The van der Waals surface area contributed by atoms with Crippen molar-refractivity contribution in [3.63, 3.8) is 0 Å². The number of hydrogen-bond donors (Lipinski definition) is 3. The average Bonchev–Trinajstić information content (AvgIpc) is 3.25. The fourth-order valence-corrected chi connectivity index (χ4v) is 4.30. The van der Waals surface area contributed by atoms with Crippen LogP contribution in [-0.2, 0) is 4.79 Å². The van der Waals surface area contributed by atoms with Gasteiger partial charge in [0.05, 0.1) is 17.6 Å². The fraction of sp³-hybridized carbons (Fsp3) is 0.444. The van der Waals surface area contributed by atoms with Crippen molar-refractivity contribution in [1.82, 2.24) is 19.8 Å². The van der Waals surface area contributed by atoms with E-state index < -0.39 is 12.1 Å². The van der Waals surface area contributed by atoms with Gasteiger partial charge in [0, 0.05) is 37.8 Å². The Morgan fingerprint density at radius 2 is 1.74 bits per heavy atom. The first kappa shape index (κ1) is 29.8. The molecule has 2 heterocycles. The van der Waals surface area contributed by atoms with Gasteiger partial charge in [0.2, 0.25) is 0 Å². The molecule has 12 heteroatoms. The topological polar surface area (TPSA) is 117 Å². The van der Waals surface area contributed by atoms with E-state index in [9.17, 15) is 22.8 Å². The molecule has 0 aliphatic carbocycles. The number of hydrogen-bond acceptors (Lipinski definition) is 5. The van der Waals surface area contributed by atoms with Crippen LogP contribution in [0.2, 0.25) is 0 Å². The Morgan fingerprint density at radius 1 is 1.10 bits per heavy atom. The molecule has 39 heavy (non-hydrogen) atoms. The molecule has 9 nitrogen and oxygen atoms in total. The number of benzene rings is 2. The van der Waals surface area contributed by atoms with Gasteiger partial charge in [-0.1, -0.05) is 25.5 Å². The highest BCUT2D eigenvalue weighted by Gasteiger charge is 2.38. The number of H-pyrrole nitrogens is 1. The van der Waals surface area contributed by atoms with Crippen LogP contribution in [0.1, 0.15) is 49.0 Å². The largest absolute Gasteiger partial charge is 0.494 e. The number of unbranched alkanes of at least 4 members (excludes halogenated alkanes) is 1. The SMILES string of the molecule is CCCCOc1ccc(C(=O)NCCN2CCC(n3c(=O)[nH]c4ccccc43)CC2)cc1.O=C(O)C(F)(F)F. The quantitative estimate of drug-likeness (QED) is 0.344. The van der Waals surface area contributed by atoms with Crippen LogP contribution < -0.4 is 15.7 Å². The normalized spacial score (nSPS) is 14.5. The van der Waals surface area contributed by atoms with Crippen molar-refractivity contribution in [2.24, 2.45) is 0 Å². The summed E-state index contributed by atoms with van der Waals surface area (Å²) in [6.45, 7) is 6.06. The summed E-state index contributed by atoms with van der Waals surface area (Å²) in [5, 5.41) is 10.1. The average molecular weight is 551 g/mol. The minimum atomic E-state index is -5.08. The van der Waals surface area contributed by atoms with Gasteiger partial charge in [-0.25, -0.2) is 9.59 Å². The van der Waals surface area contributed by atoms with E-state index in [2.05, 4.69) is 22.1 Å². The second-order valence-corrected chi connectivity index (χ2v) is 9.18. The lowest BCUT2D eigenvalue weighted by molar-refractivity contribution is -0.192. The number of aliphatic carboxylic acids is 1. The zero-order chi connectivity index (χ0) is 28.4. The van der Waals surface area contributed by atoms with Crippen LogP contribution in [0, 0.1) is 0 Å². The summed E-state index contributed by atoms with van der Waals surface area (Å²) in [6.07, 6.45) is -1.11. The lowest BCUT2D eigenvalue weighted by atomic mass is 10.0. The molecule has 1 aliphatic heterocycles. The number of rotatable bonds is 9. The van der Waals surface area contributed by atoms with Crippen LogP contribution in [0.4, 0.5) is 13.2 Å². The molecule has 0 atom stereocenters. The van der Waals surface area contributed by atoms with E-state index in [-0.39, 0.29) is 17.6 Å². The molecule has 3 N–H and O–H groups in total. The van der Waals surface area contributed by atoms with E-state index in [1.807, 2.05) is 41.0 Å². The molecule has 1 amide bonds. The van der Waals surface area contributed by atoms with Crippen LogP contribution in [0.15, 0.2) is 53.3 Å². The maximum Gasteiger partial charge on any atom is 0.490 e. The second kappa shape index (κ2) is 13.8. The molecule has 1 fully saturated rings. The van der Waals surface area contributed by atoms with E-state index in [0.29, 0.717) is 18.7 Å². The molecule has 4 rings (SSSR count). The monoisotopic (exact) mass is 550 g/mol. The molecular weight excluding hydrogens is 517 g/mol. The van der Waals surface area contributed by atoms with E-state index in [1.54, 1.807) is 12.1 Å². The van der Waals surface area contributed by atoms with Gasteiger partial charge in [-0.05, 0) is 55.7 Å². The number of halogens is 3. The highest BCUT2D eigenvalue weighted by molar-refractivity contribution is 5.94. The van der Waals surface area contributed by atoms with Gasteiger partial charge in [0.1, 0.15) is 5.75 Å². The van der Waals surface area contributed by atoms with E-state index in [4.69, 9.17) is 14.6 Å². The molecule has 0 saturated carbocycles. The summed E-state index contributed by atoms with van der Waals surface area (Å²) >= 11 is 0. The Bertz CT molecular complexity index is 1280. The number of ether oxygens (including phenoxy) is 1. The molecule has 1 aliphatic rings. The Labute approximate surface area is 223 Å². The van der Waals surface area contributed by atoms with Crippen LogP contribution >= 0.6 is 0 Å². The first-order chi connectivity index (χ1) is 18.6. The van der Waals surface area contributed by atoms with Crippen molar-refractivity contribution in [3.8, 4) is 5.75 Å². The van der Waals surface area contributed by atoms with E-state index in [1.165, 1.54) is 0 Å². The molecule has 212 valence electrons. The zero-order valence-corrected chi connectivity index (χ0v) is 21.7. The molecule has 0 radical (unpaired) electrons. The number of fused-ring (bicyclic) bond motifs is 1. The number of aromatic nitrogens is 2. The number of carbonyl (C=O) groups is 2. The summed E-state index contributed by atoms with van der Waals surface area (Å²) < 4.78 is 39.3. The number of carboxylic acids is 1. The third kappa shape index (κ3) is 8.60. The second-order valence-electron chi connectivity index (χ2n) is 9.18. The predicted molar refractivity (Wildman–Crippen MR) is 140 cm³/mol. The number of carbonyl (C=O) groups excluding carboxylic acids is 1. The fourth-order valence-electron chi connectivity index (χ4n) is 4.30. The Morgan fingerprint density at radius 3 is 2.36 bits per heavy atom. The van der Waals surface area contributed by atoms with Crippen molar-refractivity contribution in [2.75, 3.05) is 32.8 Å². The minimum absolute atomic E-state index is 0.0290. The molecule has 1 aromatic heterocycles. The third-order valence-electron chi connectivity index (χ3n) is 6.39. The number of nitrogens with zero attached hydrogens (tertiary/aromatic N) is 2. The summed E-state index contributed by atoms with van der Waals surface area (Å²) in [5.74, 6) is -2.02. The zero-order valence-electron chi connectivity index (χ0n) is 21.7. The number of nitrogens with one attached hydrogen (secondary N) is 2. The number of alkyl halides is 3. The molecule has 0 bridgehead atoms. The van der Waals surface area contributed by atoms with Crippen molar-refractivity contribution in [1.29, 1.82) is 0 Å². The maximum absolute atomic E-state index is 12.4. The first-order valence-corrected chi connectivity index (χ1v) is 12.8. The van der Waals surface area contributed by atoms with Gasteiger partial charge in [-0.2, -0.15) is 13.2 Å². The summed E-state index contributed by atoms with van der Waals surface area (Å²) in [7, 11) is 0. The molecule has 3 aromatic rings. The van der Waals surface area contributed by atoms with Gasteiger partial charge in [-0.3, -0.25) is 9.36 Å². The van der Waals surface area contributed by atoms with Gasteiger partial charge >= 0.3 is 17.8 Å². The number of amides is 1. The number of likely N-dealkylation sites (tertiary alicyclic amines) is 1. The number of para-hydroxylation sites is 2. The lowest BCUT2D eigenvalue weighted by Gasteiger charge is -2.32. The van der Waals surface area contributed by atoms with Crippen molar-refractivity contribution in [3.05, 3.63) is 64.6 Å². The highest BCUT2D eigenvalue weighted by atomic mass is 19.4. The van der Waals surface area contributed by atoms with Crippen LogP contribution in [0.25, 0.3) is 11.0 Å². The number of aromatic amines is 1. The molecule has 1 saturated heterocycles. The van der Waals surface area contributed by atoms with Crippen LogP contribution in [-0.4, -0.2) is 70.4 Å². The van der Waals surface area contributed by atoms with E-state index in [0.717, 1.165) is 62.1 Å². The number of imidazole rings is 1. The van der Waals surface area contributed by atoms with Crippen molar-refractivity contribution in [2.45, 2.75) is 44.8 Å². The maximum atomic E-state index is 12.4. The number of carboxylic acid groups (broad SMARTS) is 1. The van der Waals surface area contributed by atoms with Crippen molar-refractivity contribution < 1.29 is 32.6 Å². The summed E-state index contributed by atoms with van der Waals surface area (Å²) in [6, 6.07) is 15.4. The Hall–Kier alpha value is -3.80. The smallest absolute Gasteiger partial charge is 0.490 e. The predicted octanol–water partition coefficient (Wildman–Crippen LogP) is 4.21. The van der Waals surface area contributed by atoms with Gasteiger partial charge in [0.15, 0.2) is 0 Å². The Balaban J connectivity index is 0.000000532. The molecule has 2 aromatic carbocycles. The van der Waals surface area contributed by atoms with Crippen molar-refractivity contribution >= 4 is 22.9 Å². The van der Waals surface area contributed by atoms with Gasteiger partial charge < -0.3 is 25.0 Å². The lowest BCUT2D eigenvalue weighted by Crippen LogP contribution is -2.41. The minimum Gasteiger partial charge on any atom is -0.494 e. The first-order valence-electron chi connectivity index (χ1n) is 12.8. The van der Waals surface area contributed by atoms with Gasteiger partial charge in [-0.15, -0.1) is 0 Å². The third-order valence-corrected chi connectivity index (χ3v) is 6.39.